The van der Waals surface area contributed by atoms with Crippen molar-refractivity contribution >= 4 is 33.8 Å². The van der Waals surface area contributed by atoms with E-state index in [0.29, 0.717) is 49.6 Å². The Kier molecular flexibility index (Phi) is 7.98. The molecule has 0 aliphatic carbocycles. The molecule has 0 saturated carbocycles. The Morgan fingerprint density at radius 3 is 2.63 bits per heavy atom. The number of hydrogen-bond donors (Lipinski definition) is 1. The summed E-state index contributed by atoms with van der Waals surface area (Å²) in [5.74, 6) is 2.18. The van der Waals surface area contributed by atoms with Crippen molar-refractivity contribution in [3.63, 3.8) is 0 Å². The van der Waals surface area contributed by atoms with E-state index in [1.54, 1.807) is 6.33 Å². The highest BCUT2D eigenvalue weighted by Gasteiger charge is 2.27. The fourth-order valence-corrected chi connectivity index (χ4v) is 7.53. The van der Waals surface area contributed by atoms with Gasteiger partial charge in [0.1, 0.15) is 24.4 Å². The van der Waals surface area contributed by atoms with Crippen LogP contribution in [0.15, 0.2) is 30.7 Å². The minimum absolute atomic E-state index is 0.216. The molecule has 3 aromatic heterocycles. The Morgan fingerprint density at radius 2 is 1.90 bits per heavy atom. The standard InChI is InChI=1S/C31H40N6O3S/c1-20(2)28-25-17-24(5-6-27(25)34-29(28)26-18-37-30(32-19-33-37)22(4)21(26)3)23-7-9-36(10-8-23)31(38)40-14-11-35-12-15-41(39)16-13-35/h5-6,17-20,23,34H,7-16H2,1-4H3. The van der Waals surface area contributed by atoms with Gasteiger partial charge in [-0.1, -0.05) is 31.1 Å². The number of rotatable bonds is 6. The van der Waals surface area contributed by atoms with Crippen molar-refractivity contribution in [3.8, 4) is 11.3 Å². The van der Waals surface area contributed by atoms with Crippen molar-refractivity contribution in [3.05, 3.63) is 53.0 Å². The van der Waals surface area contributed by atoms with E-state index < -0.39 is 11.2 Å². The van der Waals surface area contributed by atoms with Crippen molar-refractivity contribution in [2.24, 2.45) is 0 Å². The number of likely N-dealkylation sites (tertiary alicyclic amines) is 1. The molecule has 0 radical (unpaired) electrons. The molecule has 0 atom stereocenters. The first-order valence-corrected chi connectivity index (χ1v) is 16.2. The molecule has 1 amide bonds. The molecule has 1 aromatic carbocycles. The predicted octanol–water partition coefficient (Wildman–Crippen LogP) is 5.00. The number of carbonyl (C=O) groups is 1. The minimum atomic E-state index is -0.688. The molecule has 2 fully saturated rings. The van der Waals surface area contributed by atoms with Gasteiger partial charge in [0.05, 0.1) is 5.69 Å². The van der Waals surface area contributed by atoms with Crippen LogP contribution in [-0.4, -0.2) is 90.9 Å². The molecule has 41 heavy (non-hydrogen) atoms. The van der Waals surface area contributed by atoms with E-state index in [0.717, 1.165) is 53.9 Å². The maximum Gasteiger partial charge on any atom is 0.409 e. The monoisotopic (exact) mass is 576 g/mol. The average Bonchev–Trinajstić information content (AvgIpc) is 3.60. The lowest BCUT2D eigenvalue weighted by Gasteiger charge is -2.32. The number of hydrogen-bond acceptors (Lipinski definition) is 6. The molecule has 218 valence electrons. The van der Waals surface area contributed by atoms with Gasteiger partial charge in [0.2, 0.25) is 0 Å². The van der Waals surface area contributed by atoms with E-state index in [9.17, 15) is 9.35 Å². The number of aromatic nitrogens is 4. The van der Waals surface area contributed by atoms with E-state index >= 15 is 0 Å². The Balaban J connectivity index is 1.15. The lowest BCUT2D eigenvalue weighted by atomic mass is 9.87. The smallest absolute Gasteiger partial charge is 0.409 e. The number of carbonyl (C=O) groups excluding carboxylic acids is 1. The molecule has 2 aliphatic heterocycles. The van der Waals surface area contributed by atoms with Crippen LogP contribution in [0.25, 0.3) is 27.8 Å². The highest BCUT2D eigenvalue weighted by molar-refractivity contribution is 7.91. The summed E-state index contributed by atoms with van der Waals surface area (Å²) >= 11 is -0.688. The average molecular weight is 577 g/mol. The molecule has 10 heteroatoms. The van der Waals surface area contributed by atoms with E-state index in [4.69, 9.17) is 4.74 Å². The number of nitrogens with zero attached hydrogens (tertiary/aromatic N) is 5. The second kappa shape index (κ2) is 11.7. The molecule has 2 saturated heterocycles. The predicted molar refractivity (Wildman–Crippen MR) is 163 cm³/mol. The third kappa shape index (κ3) is 5.57. The van der Waals surface area contributed by atoms with E-state index in [1.165, 1.54) is 22.1 Å². The molecule has 0 bridgehead atoms. The first kappa shape index (κ1) is 28.1. The van der Waals surface area contributed by atoms with Crippen molar-refractivity contribution in [2.75, 3.05) is 50.8 Å². The van der Waals surface area contributed by atoms with Crippen LogP contribution in [0.5, 0.6) is 0 Å². The number of piperidine rings is 1. The van der Waals surface area contributed by atoms with Crippen molar-refractivity contribution in [1.82, 2.24) is 29.4 Å². The lowest BCUT2D eigenvalue weighted by molar-refractivity contribution is 0.0832. The molecule has 1 N–H and O–H groups in total. The number of pyridine rings is 1. The Hall–Kier alpha value is -3.08. The summed E-state index contributed by atoms with van der Waals surface area (Å²) in [6, 6.07) is 6.83. The van der Waals surface area contributed by atoms with Gasteiger partial charge in [0.25, 0.3) is 0 Å². The Labute approximate surface area is 244 Å². The van der Waals surface area contributed by atoms with Gasteiger partial charge in [0, 0.05) is 55.4 Å². The van der Waals surface area contributed by atoms with Crippen molar-refractivity contribution < 1.29 is 14.1 Å². The fourth-order valence-electron chi connectivity index (χ4n) is 6.40. The number of aryl methyl sites for hydroxylation is 1. The van der Waals surface area contributed by atoms with E-state index in [-0.39, 0.29) is 6.09 Å². The zero-order valence-electron chi connectivity index (χ0n) is 24.5. The van der Waals surface area contributed by atoms with Crippen LogP contribution in [0, 0.1) is 13.8 Å². The quantitative estimate of drug-likeness (QED) is 0.324. The SMILES string of the molecule is Cc1c(-c2[nH]c3ccc(C4CCN(C(=O)OCCN5CC[S+]([O-])CC5)CC4)cc3c2C(C)C)cn2ncnc2c1C. The van der Waals surface area contributed by atoms with Crippen LogP contribution in [0.1, 0.15) is 60.8 Å². The molecular weight excluding hydrogens is 536 g/mol. The number of ether oxygens (including phenoxy) is 1. The summed E-state index contributed by atoms with van der Waals surface area (Å²) in [5, 5.41) is 5.68. The van der Waals surface area contributed by atoms with Crippen LogP contribution >= 0.6 is 0 Å². The maximum atomic E-state index is 12.7. The van der Waals surface area contributed by atoms with Gasteiger partial charge < -0.3 is 19.2 Å². The van der Waals surface area contributed by atoms with Crippen LogP contribution in [0.4, 0.5) is 4.79 Å². The summed E-state index contributed by atoms with van der Waals surface area (Å²) in [7, 11) is 0. The minimum Gasteiger partial charge on any atom is -0.616 e. The summed E-state index contributed by atoms with van der Waals surface area (Å²) in [5.41, 5.74) is 9.36. The van der Waals surface area contributed by atoms with E-state index in [2.05, 4.69) is 72.1 Å². The molecule has 0 unspecified atom stereocenters. The van der Waals surface area contributed by atoms with Crippen molar-refractivity contribution in [2.45, 2.75) is 52.4 Å². The fraction of sp³-hybridized carbons (Fsp3) is 0.516. The van der Waals surface area contributed by atoms with Crippen molar-refractivity contribution in [1.29, 1.82) is 0 Å². The van der Waals surface area contributed by atoms with Gasteiger partial charge in [-0.15, -0.1) is 0 Å². The summed E-state index contributed by atoms with van der Waals surface area (Å²) in [6.45, 7) is 12.9. The zero-order valence-corrected chi connectivity index (χ0v) is 25.3. The Morgan fingerprint density at radius 1 is 1.15 bits per heavy atom. The second-order valence-electron chi connectivity index (χ2n) is 11.8. The second-order valence-corrected chi connectivity index (χ2v) is 13.5. The molecule has 2 aliphatic rings. The van der Waals surface area contributed by atoms with Crippen LogP contribution in [0.3, 0.4) is 0 Å². The number of fused-ring (bicyclic) bond motifs is 2. The highest BCUT2D eigenvalue weighted by Crippen LogP contribution is 2.40. The number of aromatic amines is 1. The van der Waals surface area contributed by atoms with Crippen LogP contribution in [-0.2, 0) is 15.9 Å². The third-order valence-corrected chi connectivity index (χ3v) is 10.2. The molecular formula is C31H40N6O3S. The summed E-state index contributed by atoms with van der Waals surface area (Å²) < 4.78 is 19.0. The number of benzene rings is 1. The van der Waals surface area contributed by atoms with Gasteiger partial charge in [0.15, 0.2) is 5.65 Å². The topological polar surface area (TPSA) is 102 Å². The van der Waals surface area contributed by atoms with Gasteiger partial charge in [-0.25, -0.2) is 14.3 Å². The largest absolute Gasteiger partial charge is 0.616 e. The Bertz CT molecular complexity index is 1550. The molecule has 9 nitrogen and oxygen atoms in total. The van der Waals surface area contributed by atoms with Crippen LogP contribution in [0.2, 0.25) is 0 Å². The zero-order chi connectivity index (χ0) is 28.7. The first-order chi connectivity index (χ1) is 19.8. The lowest BCUT2D eigenvalue weighted by Crippen LogP contribution is -2.43. The molecule has 6 rings (SSSR count). The molecule has 5 heterocycles. The first-order valence-electron chi connectivity index (χ1n) is 14.7. The maximum absolute atomic E-state index is 12.7. The number of H-pyrrole nitrogens is 1. The summed E-state index contributed by atoms with van der Waals surface area (Å²) in [6.07, 6.45) is 5.33. The third-order valence-electron chi connectivity index (χ3n) is 8.96. The normalized spacial score (nSPS) is 17.8. The van der Waals surface area contributed by atoms with Gasteiger partial charge in [-0.3, -0.25) is 4.90 Å². The number of amides is 1. The molecule has 0 spiro atoms. The molecule has 4 aromatic rings. The van der Waals surface area contributed by atoms with Crippen LogP contribution < -0.4 is 0 Å². The van der Waals surface area contributed by atoms with E-state index in [1.807, 2.05) is 9.42 Å². The van der Waals surface area contributed by atoms with Gasteiger partial charge in [-0.05, 0) is 72.9 Å². The highest BCUT2D eigenvalue weighted by atomic mass is 32.2. The summed E-state index contributed by atoms with van der Waals surface area (Å²) in [4.78, 5) is 24.9. The van der Waals surface area contributed by atoms with Gasteiger partial charge in [-0.2, -0.15) is 5.10 Å². The number of nitrogens with one attached hydrogen (secondary N) is 1. The van der Waals surface area contributed by atoms with Gasteiger partial charge >= 0.3 is 6.09 Å².